The van der Waals surface area contributed by atoms with Crippen molar-refractivity contribution in [3.05, 3.63) is 52.5 Å². The minimum Gasteiger partial charge on any atom is -0.398 e. The fourth-order valence-corrected chi connectivity index (χ4v) is 2.50. The molecule has 0 atom stereocenters. The molecule has 0 spiro atoms. The van der Waals surface area contributed by atoms with Crippen LogP contribution in [0.3, 0.4) is 0 Å². The van der Waals surface area contributed by atoms with Gasteiger partial charge in [0, 0.05) is 16.3 Å². The summed E-state index contributed by atoms with van der Waals surface area (Å²) in [5, 5.41) is 12.7. The zero-order chi connectivity index (χ0) is 15.0. The number of nitrogens with zero attached hydrogens (tertiary/aromatic N) is 4. The Morgan fingerprint density at radius 3 is 2.71 bits per heavy atom. The molecule has 0 radical (unpaired) electrons. The predicted molar refractivity (Wildman–Crippen MR) is 83.5 cm³/mol. The van der Waals surface area contributed by atoms with Gasteiger partial charge in [-0.25, -0.2) is 0 Å². The quantitative estimate of drug-likeness (QED) is 0.738. The van der Waals surface area contributed by atoms with E-state index in [4.69, 9.17) is 17.3 Å². The third-order valence-corrected chi connectivity index (χ3v) is 3.71. The van der Waals surface area contributed by atoms with Crippen molar-refractivity contribution < 1.29 is 0 Å². The lowest BCUT2D eigenvalue weighted by Crippen LogP contribution is -2.03. The average molecular weight is 300 g/mol. The highest BCUT2D eigenvalue weighted by atomic mass is 35.5. The molecular formula is C15H14ClN5. The monoisotopic (exact) mass is 299 g/mol. The van der Waals surface area contributed by atoms with Gasteiger partial charge in [0.25, 0.3) is 0 Å². The van der Waals surface area contributed by atoms with Crippen LogP contribution in [0.1, 0.15) is 11.1 Å². The second-order valence-corrected chi connectivity index (χ2v) is 5.30. The van der Waals surface area contributed by atoms with Gasteiger partial charge in [-0.2, -0.15) is 4.68 Å². The van der Waals surface area contributed by atoms with Crippen LogP contribution in [0.2, 0.25) is 5.02 Å². The first-order chi connectivity index (χ1) is 10.1. The molecule has 0 bridgehead atoms. The van der Waals surface area contributed by atoms with Gasteiger partial charge >= 0.3 is 0 Å². The second kappa shape index (κ2) is 5.18. The minimum atomic E-state index is 0.658. The third-order valence-electron chi connectivity index (χ3n) is 3.47. The molecule has 0 aliphatic carbocycles. The molecule has 3 rings (SSSR count). The maximum atomic E-state index is 6.00. The number of aryl methyl sites for hydroxylation is 1. The van der Waals surface area contributed by atoms with Crippen LogP contribution in [0.4, 0.5) is 5.69 Å². The molecule has 0 saturated heterocycles. The Bertz CT molecular complexity index is 810. The molecule has 3 aromatic rings. The number of aromatic nitrogens is 4. The van der Waals surface area contributed by atoms with Crippen LogP contribution in [0.25, 0.3) is 17.1 Å². The van der Waals surface area contributed by atoms with E-state index in [2.05, 4.69) is 15.5 Å². The van der Waals surface area contributed by atoms with Crippen LogP contribution in [-0.2, 0) is 0 Å². The summed E-state index contributed by atoms with van der Waals surface area (Å²) in [7, 11) is 0. The maximum Gasteiger partial charge on any atom is 0.187 e. The lowest BCUT2D eigenvalue weighted by Gasteiger charge is -2.10. The fraction of sp³-hybridized carbons (Fsp3) is 0.133. The summed E-state index contributed by atoms with van der Waals surface area (Å²) in [6, 6.07) is 11.3. The summed E-state index contributed by atoms with van der Waals surface area (Å²) < 4.78 is 1.70. The Labute approximate surface area is 127 Å². The van der Waals surface area contributed by atoms with Crippen LogP contribution in [0.5, 0.6) is 0 Å². The third kappa shape index (κ3) is 2.36. The number of benzene rings is 2. The van der Waals surface area contributed by atoms with E-state index in [1.807, 2.05) is 50.2 Å². The van der Waals surface area contributed by atoms with E-state index in [0.717, 1.165) is 28.1 Å². The first-order valence-corrected chi connectivity index (χ1v) is 6.86. The SMILES string of the molecule is Cc1cc(Cl)ccc1-n1nnnc1-c1cccc(N)c1C. The molecular weight excluding hydrogens is 286 g/mol. The van der Waals surface area contributed by atoms with Gasteiger partial charge in [-0.3, -0.25) is 0 Å². The van der Waals surface area contributed by atoms with E-state index in [0.29, 0.717) is 10.8 Å². The number of rotatable bonds is 2. The molecule has 6 heteroatoms. The normalized spacial score (nSPS) is 10.8. The summed E-state index contributed by atoms with van der Waals surface area (Å²) in [5.74, 6) is 0.658. The van der Waals surface area contributed by atoms with Gasteiger partial charge in [0.1, 0.15) is 0 Å². The predicted octanol–water partition coefficient (Wildman–Crippen LogP) is 3.18. The van der Waals surface area contributed by atoms with Crippen molar-refractivity contribution in [2.24, 2.45) is 0 Å². The van der Waals surface area contributed by atoms with Gasteiger partial charge in [-0.1, -0.05) is 23.7 Å². The van der Waals surface area contributed by atoms with E-state index >= 15 is 0 Å². The van der Waals surface area contributed by atoms with Crippen LogP contribution < -0.4 is 5.73 Å². The number of halogens is 1. The summed E-state index contributed by atoms with van der Waals surface area (Å²) in [5.41, 5.74) is 10.4. The molecule has 0 unspecified atom stereocenters. The van der Waals surface area contributed by atoms with Crippen molar-refractivity contribution in [1.29, 1.82) is 0 Å². The number of hydrogen-bond acceptors (Lipinski definition) is 4. The first-order valence-electron chi connectivity index (χ1n) is 6.48. The molecule has 0 aliphatic heterocycles. The van der Waals surface area contributed by atoms with Crippen molar-refractivity contribution in [3.8, 4) is 17.1 Å². The zero-order valence-corrected chi connectivity index (χ0v) is 12.5. The lowest BCUT2D eigenvalue weighted by molar-refractivity contribution is 0.787. The van der Waals surface area contributed by atoms with Crippen molar-refractivity contribution >= 4 is 17.3 Å². The van der Waals surface area contributed by atoms with E-state index in [1.54, 1.807) is 4.68 Å². The van der Waals surface area contributed by atoms with Gasteiger partial charge in [0.05, 0.1) is 5.69 Å². The van der Waals surface area contributed by atoms with Crippen molar-refractivity contribution in [2.45, 2.75) is 13.8 Å². The molecule has 0 fully saturated rings. The molecule has 0 aliphatic rings. The van der Waals surface area contributed by atoms with Gasteiger partial charge in [-0.05, 0) is 59.7 Å². The van der Waals surface area contributed by atoms with Gasteiger partial charge in [-0.15, -0.1) is 5.10 Å². The van der Waals surface area contributed by atoms with Crippen LogP contribution >= 0.6 is 11.6 Å². The van der Waals surface area contributed by atoms with E-state index in [-0.39, 0.29) is 0 Å². The number of anilines is 1. The van der Waals surface area contributed by atoms with E-state index in [9.17, 15) is 0 Å². The van der Waals surface area contributed by atoms with Crippen molar-refractivity contribution in [2.75, 3.05) is 5.73 Å². The molecule has 0 saturated carbocycles. The Kier molecular flexibility index (Phi) is 3.35. The van der Waals surface area contributed by atoms with E-state index < -0.39 is 0 Å². The topological polar surface area (TPSA) is 69.6 Å². The highest BCUT2D eigenvalue weighted by Crippen LogP contribution is 2.28. The van der Waals surface area contributed by atoms with Gasteiger partial charge in [0.15, 0.2) is 5.82 Å². The summed E-state index contributed by atoms with van der Waals surface area (Å²) in [6.45, 7) is 3.93. The highest BCUT2D eigenvalue weighted by molar-refractivity contribution is 6.30. The fourth-order valence-electron chi connectivity index (χ4n) is 2.27. The van der Waals surface area contributed by atoms with E-state index in [1.165, 1.54) is 0 Å². The van der Waals surface area contributed by atoms with Crippen molar-refractivity contribution in [3.63, 3.8) is 0 Å². The molecule has 1 aromatic heterocycles. The zero-order valence-electron chi connectivity index (χ0n) is 11.7. The Morgan fingerprint density at radius 2 is 1.95 bits per heavy atom. The first kappa shape index (κ1) is 13.6. The lowest BCUT2D eigenvalue weighted by atomic mass is 10.1. The van der Waals surface area contributed by atoms with Gasteiger partial charge < -0.3 is 5.73 Å². The minimum absolute atomic E-state index is 0.658. The molecule has 1 heterocycles. The summed E-state index contributed by atoms with van der Waals surface area (Å²) in [6.07, 6.45) is 0. The highest BCUT2D eigenvalue weighted by Gasteiger charge is 2.15. The summed E-state index contributed by atoms with van der Waals surface area (Å²) in [4.78, 5) is 0. The number of nitrogens with two attached hydrogens (primary N) is 1. The molecule has 2 N–H and O–H groups in total. The average Bonchev–Trinajstić information content (AvgIpc) is 2.91. The van der Waals surface area contributed by atoms with Crippen LogP contribution in [0.15, 0.2) is 36.4 Å². The maximum absolute atomic E-state index is 6.00. The Hall–Kier alpha value is -2.40. The largest absolute Gasteiger partial charge is 0.398 e. The van der Waals surface area contributed by atoms with Gasteiger partial charge in [0.2, 0.25) is 0 Å². The van der Waals surface area contributed by atoms with Crippen molar-refractivity contribution in [1.82, 2.24) is 20.2 Å². The van der Waals surface area contributed by atoms with Crippen LogP contribution in [-0.4, -0.2) is 20.2 Å². The number of nitrogen functional groups attached to an aromatic ring is 1. The second-order valence-electron chi connectivity index (χ2n) is 4.86. The Morgan fingerprint density at radius 1 is 1.14 bits per heavy atom. The molecule has 5 nitrogen and oxygen atoms in total. The van der Waals surface area contributed by atoms with Crippen LogP contribution in [0, 0.1) is 13.8 Å². The molecule has 0 amide bonds. The molecule has 106 valence electrons. The molecule has 21 heavy (non-hydrogen) atoms. The standard InChI is InChI=1S/C15H14ClN5/c1-9-8-11(16)6-7-14(9)21-15(18-19-20-21)12-4-3-5-13(17)10(12)2/h3-8H,17H2,1-2H3. The molecule has 2 aromatic carbocycles. The Balaban J connectivity index is 2.20. The number of tetrazole rings is 1. The smallest absolute Gasteiger partial charge is 0.187 e. The number of hydrogen-bond donors (Lipinski definition) is 1. The summed E-state index contributed by atoms with van der Waals surface area (Å²) >= 11 is 6.00.